The van der Waals surface area contributed by atoms with Crippen molar-refractivity contribution in [1.29, 1.82) is 5.26 Å². The molecule has 18 heavy (non-hydrogen) atoms. The first-order valence-corrected chi connectivity index (χ1v) is 5.65. The molecule has 0 unspecified atom stereocenters. The molecule has 1 heterocycles. The Morgan fingerprint density at radius 2 is 2.28 bits per heavy atom. The lowest BCUT2D eigenvalue weighted by molar-refractivity contribution is 0.179. The number of hydrogen-bond donors (Lipinski definition) is 0. The molecule has 0 amide bonds. The molecule has 0 saturated heterocycles. The number of hydrogen-bond acceptors (Lipinski definition) is 4. The van der Waals surface area contributed by atoms with Crippen molar-refractivity contribution in [1.82, 2.24) is 15.0 Å². The van der Waals surface area contributed by atoms with E-state index in [1.807, 2.05) is 19.1 Å². The van der Waals surface area contributed by atoms with Gasteiger partial charge in [-0.2, -0.15) is 5.26 Å². The van der Waals surface area contributed by atoms with Crippen LogP contribution in [0, 0.1) is 18.3 Å². The largest absolute Gasteiger partial charge is 0.378 e. The zero-order chi connectivity index (χ0) is 13.1. The molecule has 0 aliphatic rings. The van der Waals surface area contributed by atoms with Gasteiger partial charge < -0.3 is 4.74 Å². The average Bonchev–Trinajstić information content (AvgIpc) is 2.76. The summed E-state index contributed by atoms with van der Waals surface area (Å²) in [6, 6.07) is 7.48. The predicted octanol–water partition coefficient (Wildman–Crippen LogP) is 2.25. The second-order valence-corrected chi connectivity index (χ2v) is 4.21. The normalized spacial score (nSPS) is 10.3. The summed E-state index contributed by atoms with van der Waals surface area (Å²) in [5, 5.41) is 17.4. The lowest BCUT2D eigenvalue weighted by Crippen LogP contribution is -2.06. The molecule has 5 nitrogen and oxygen atoms in total. The van der Waals surface area contributed by atoms with Gasteiger partial charge in [-0.3, -0.25) is 0 Å². The molecule has 0 aliphatic carbocycles. The zero-order valence-electron chi connectivity index (χ0n) is 10.0. The van der Waals surface area contributed by atoms with Gasteiger partial charge in [0.15, 0.2) is 5.69 Å². The molecule has 92 valence electrons. The minimum atomic E-state index is 0.260. The third-order valence-electron chi connectivity index (χ3n) is 2.55. The molecule has 1 aromatic carbocycles. The Balaban J connectivity index is 2.60. The Kier molecular flexibility index (Phi) is 3.60. The summed E-state index contributed by atoms with van der Waals surface area (Å²) in [5.74, 6) is 0. The first-order chi connectivity index (χ1) is 8.67. The van der Waals surface area contributed by atoms with Crippen LogP contribution in [-0.2, 0) is 11.3 Å². The van der Waals surface area contributed by atoms with Crippen molar-refractivity contribution >= 4 is 11.6 Å². The molecule has 0 N–H and O–H groups in total. The van der Waals surface area contributed by atoms with E-state index in [0.717, 1.165) is 11.3 Å². The van der Waals surface area contributed by atoms with Gasteiger partial charge in [-0.25, -0.2) is 4.68 Å². The van der Waals surface area contributed by atoms with E-state index in [2.05, 4.69) is 10.3 Å². The van der Waals surface area contributed by atoms with Crippen LogP contribution < -0.4 is 0 Å². The van der Waals surface area contributed by atoms with Crippen molar-refractivity contribution in [2.24, 2.45) is 0 Å². The second kappa shape index (κ2) is 5.17. The summed E-state index contributed by atoms with van der Waals surface area (Å²) in [7, 11) is 1.56. The number of benzene rings is 1. The fraction of sp³-hybridized carbons (Fsp3) is 0.250. The molecule has 0 fully saturated rings. The highest BCUT2D eigenvalue weighted by Gasteiger charge is 2.15. The first kappa shape index (κ1) is 12.6. The molecular weight excluding hydrogens is 252 g/mol. The minimum absolute atomic E-state index is 0.260. The third-order valence-corrected chi connectivity index (χ3v) is 2.78. The third kappa shape index (κ3) is 2.21. The van der Waals surface area contributed by atoms with E-state index in [1.54, 1.807) is 23.9 Å². The van der Waals surface area contributed by atoms with Crippen LogP contribution in [0.5, 0.6) is 0 Å². The molecule has 0 spiro atoms. The molecule has 0 aliphatic heterocycles. The number of nitrogens with zero attached hydrogens (tertiary/aromatic N) is 4. The predicted molar refractivity (Wildman–Crippen MR) is 66.5 cm³/mol. The number of rotatable bonds is 3. The molecule has 0 radical (unpaired) electrons. The van der Waals surface area contributed by atoms with Gasteiger partial charge in [0, 0.05) is 12.1 Å². The fourth-order valence-corrected chi connectivity index (χ4v) is 1.83. The molecule has 0 bridgehead atoms. The number of methoxy groups -OCH3 is 1. The van der Waals surface area contributed by atoms with Gasteiger partial charge in [0.05, 0.1) is 12.3 Å². The van der Waals surface area contributed by atoms with Crippen molar-refractivity contribution in [2.75, 3.05) is 7.11 Å². The lowest BCUT2D eigenvalue weighted by atomic mass is 10.2. The molecule has 0 saturated carbocycles. The number of aromatic nitrogens is 3. The van der Waals surface area contributed by atoms with Crippen LogP contribution in [-0.4, -0.2) is 22.1 Å². The highest BCUT2D eigenvalue weighted by atomic mass is 35.5. The number of ether oxygens (including phenoxy) is 1. The lowest BCUT2D eigenvalue weighted by Gasteiger charge is -2.09. The molecule has 2 rings (SSSR count). The number of nitriles is 1. The van der Waals surface area contributed by atoms with Crippen LogP contribution in [0.4, 0.5) is 0 Å². The maximum Gasteiger partial charge on any atom is 0.188 e. The van der Waals surface area contributed by atoms with Crippen LogP contribution in [0.15, 0.2) is 18.2 Å². The van der Waals surface area contributed by atoms with E-state index >= 15 is 0 Å². The second-order valence-electron chi connectivity index (χ2n) is 3.77. The van der Waals surface area contributed by atoms with Gasteiger partial charge in [-0.15, -0.1) is 5.10 Å². The van der Waals surface area contributed by atoms with Crippen LogP contribution >= 0.6 is 11.6 Å². The summed E-state index contributed by atoms with van der Waals surface area (Å²) in [5.41, 5.74) is 2.66. The standard InChI is InChI=1S/C12H11ClN4O/c1-8-3-4-9(13)5-11(8)17-12(7-18-2)10(6-14)15-16-17/h3-5H,7H2,1-2H3. The number of aryl methyl sites for hydroxylation is 1. The first-order valence-electron chi connectivity index (χ1n) is 5.27. The quantitative estimate of drug-likeness (QED) is 0.851. The van der Waals surface area contributed by atoms with Crippen molar-refractivity contribution in [2.45, 2.75) is 13.5 Å². The van der Waals surface area contributed by atoms with Gasteiger partial charge in [0.25, 0.3) is 0 Å². The van der Waals surface area contributed by atoms with Crippen LogP contribution in [0.2, 0.25) is 5.02 Å². The Labute approximate surface area is 110 Å². The maximum atomic E-state index is 8.98. The molecule has 0 atom stereocenters. The molecule has 1 aromatic heterocycles. The number of halogens is 1. The van der Waals surface area contributed by atoms with Gasteiger partial charge in [0.2, 0.25) is 0 Å². The van der Waals surface area contributed by atoms with Crippen molar-refractivity contribution in [3.8, 4) is 11.8 Å². The van der Waals surface area contributed by atoms with E-state index in [0.29, 0.717) is 10.7 Å². The highest BCUT2D eigenvalue weighted by molar-refractivity contribution is 6.30. The van der Waals surface area contributed by atoms with Gasteiger partial charge in [-0.05, 0) is 24.6 Å². The van der Waals surface area contributed by atoms with Crippen LogP contribution in [0.25, 0.3) is 5.69 Å². The topological polar surface area (TPSA) is 63.7 Å². The summed E-state index contributed by atoms with van der Waals surface area (Å²) in [4.78, 5) is 0. The summed E-state index contributed by atoms with van der Waals surface area (Å²) in [6.45, 7) is 2.21. The Morgan fingerprint density at radius 1 is 1.50 bits per heavy atom. The maximum absolute atomic E-state index is 8.98. The van der Waals surface area contributed by atoms with Crippen molar-refractivity contribution in [3.63, 3.8) is 0 Å². The molecule has 6 heteroatoms. The Hall–Kier alpha value is -1.90. The van der Waals surface area contributed by atoms with E-state index < -0.39 is 0 Å². The monoisotopic (exact) mass is 262 g/mol. The average molecular weight is 263 g/mol. The fourth-order valence-electron chi connectivity index (χ4n) is 1.66. The smallest absolute Gasteiger partial charge is 0.188 e. The SMILES string of the molecule is COCc1c(C#N)nnn1-c1cc(Cl)ccc1C. The zero-order valence-corrected chi connectivity index (χ0v) is 10.8. The van der Waals surface area contributed by atoms with E-state index in [-0.39, 0.29) is 12.3 Å². The van der Waals surface area contributed by atoms with Crippen LogP contribution in [0.1, 0.15) is 17.0 Å². The van der Waals surface area contributed by atoms with Crippen molar-refractivity contribution < 1.29 is 4.74 Å². The van der Waals surface area contributed by atoms with Gasteiger partial charge in [0.1, 0.15) is 11.8 Å². The van der Waals surface area contributed by atoms with Gasteiger partial charge in [-0.1, -0.05) is 22.9 Å². The Morgan fingerprint density at radius 3 is 2.94 bits per heavy atom. The van der Waals surface area contributed by atoms with E-state index in [9.17, 15) is 0 Å². The molecule has 2 aromatic rings. The summed E-state index contributed by atoms with van der Waals surface area (Å²) < 4.78 is 6.66. The summed E-state index contributed by atoms with van der Waals surface area (Å²) in [6.07, 6.45) is 0. The van der Waals surface area contributed by atoms with Crippen LogP contribution in [0.3, 0.4) is 0 Å². The highest BCUT2D eigenvalue weighted by Crippen LogP contribution is 2.21. The minimum Gasteiger partial charge on any atom is -0.378 e. The van der Waals surface area contributed by atoms with Crippen molar-refractivity contribution in [3.05, 3.63) is 40.2 Å². The van der Waals surface area contributed by atoms with E-state index in [4.69, 9.17) is 21.6 Å². The Bertz CT molecular complexity index is 615. The summed E-state index contributed by atoms with van der Waals surface area (Å²) >= 11 is 5.98. The van der Waals surface area contributed by atoms with Gasteiger partial charge >= 0.3 is 0 Å². The molecular formula is C12H11ClN4O. The van der Waals surface area contributed by atoms with E-state index in [1.165, 1.54) is 0 Å².